The largest absolute Gasteiger partial charge is 0.389 e. The van der Waals surface area contributed by atoms with E-state index >= 15 is 0 Å². The highest BCUT2D eigenvalue weighted by Crippen LogP contribution is 2.25. The first-order valence-electron chi connectivity index (χ1n) is 5.13. The fourth-order valence-corrected chi connectivity index (χ4v) is 1.65. The van der Waals surface area contributed by atoms with Gasteiger partial charge in [-0.3, -0.25) is 4.79 Å². The van der Waals surface area contributed by atoms with E-state index in [9.17, 15) is 4.79 Å². The summed E-state index contributed by atoms with van der Waals surface area (Å²) in [7, 11) is 0. The van der Waals surface area contributed by atoms with Gasteiger partial charge in [0.05, 0.1) is 5.71 Å². The standard InChI is InChI=1S/C12H14N2O2/c1-12(2)7-10(14-16-12)8-4-3-5-9(6-8)11(13)15/h3-6H,7H2,1-2H3,(H2,13,15). The van der Waals surface area contributed by atoms with Crippen LogP contribution in [0.15, 0.2) is 29.4 Å². The predicted octanol–water partition coefficient (Wildman–Crippen LogP) is 1.69. The summed E-state index contributed by atoms with van der Waals surface area (Å²) in [6.07, 6.45) is 0.731. The third-order valence-corrected chi connectivity index (χ3v) is 2.48. The Morgan fingerprint density at radius 1 is 1.50 bits per heavy atom. The van der Waals surface area contributed by atoms with Crippen LogP contribution < -0.4 is 5.73 Å². The molecule has 1 aliphatic rings. The topological polar surface area (TPSA) is 64.7 Å². The fraction of sp³-hybridized carbons (Fsp3) is 0.333. The van der Waals surface area contributed by atoms with Gasteiger partial charge < -0.3 is 10.6 Å². The quantitative estimate of drug-likeness (QED) is 0.820. The Bertz CT molecular complexity index is 464. The van der Waals surface area contributed by atoms with Crippen molar-refractivity contribution in [1.82, 2.24) is 0 Å². The number of hydrogen-bond donors (Lipinski definition) is 1. The van der Waals surface area contributed by atoms with E-state index in [4.69, 9.17) is 10.6 Å². The summed E-state index contributed by atoms with van der Waals surface area (Å²) in [4.78, 5) is 16.3. The van der Waals surface area contributed by atoms with Gasteiger partial charge in [0, 0.05) is 17.5 Å². The monoisotopic (exact) mass is 218 g/mol. The Balaban J connectivity index is 2.29. The van der Waals surface area contributed by atoms with Gasteiger partial charge in [-0.05, 0) is 26.0 Å². The van der Waals surface area contributed by atoms with Gasteiger partial charge in [0.25, 0.3) is 0 Å². The highest BCUT2D eigenvalue weighted by molar-refractivity contribution is 6.03. The Morgan fingerprint density at radius 3 is 2.81 bits per heavy atom. The van der Waals surface area contributed by atoms with Crippen molar-refractivity contribution in [2.75, 3.05) is 0 Å². The van der Waals surface area contributed by atoms with Crippen molar-refractivity contribution in [2.45, 2.75) is 25.9 Å². The number of rotatable bonds is 2. The second-order valence-corrected chi connectivity index (χ2v) is 4.51. The smallest absolute Gasteiger partial charge is 0.248 e. The first-order valence-corrected chi connectivity index (χ1v) is 5.13. The van der Waals surface area contributed by atoms with E-state index in [1.54, 1.807) is 18.2 Å². The Hall–Kier alpha value is -1.84. The first-order chi connectivity index (χ1) is 7.48. The number of benzene rings is 1. The maximum Gasteiger partial charge on any atom is 0.248 e. The van der Waals surface area contributed by atoms with Crippen LogP contribution in [0.2, 0.25) is 0 Å². The van der Waals surface area contributed by atoms with Crippen LogP contribution in [-0.4, -0.2) is 17.2 Å². The van der Waals surface area contributed by atoms with Crippen molar-refractivity contribution < 1.29 is 9.63 Å². The molecule has 2 N–H and O–H groups in total. The van der Waals surface area contributed by atoms with Crippen LogP contribution >= 0.6 is 0 Å². The van der Waals surface area contributed by atoms with Crippen LogP contribution in [0.4, 0.5) is 0 Å². The third-order valence-electron chi connectivity index (χ3n) is 2.48. The molecule has 0 fully saturated rings. The van der Waals surface area contributed by atoms with Crippen molar-refractivity contribution in [3.63, 3.8) is 0 Å². The summed E-state index contributed by atoms with van der Waals surface area (Å²) in [6, 6.07) is 7.12. The molecule has 0 saturated carbocycles. The van der Waals surface area contributed by atoms with E-state index in [-0.39, 0.29) is 5.60 Å². The minimum atomic E-state index is -0.430. The van der Waals surface area contributed by atoms with Gasteiger partial charge in [-0.2, -0.15) is 0 Å². The number of nitrogens with zero attached hydrogens (tertiary/aromatic N) is 1. The van der Waals surface area contributed by atoms with E-state index in [2.05, 4.69) is 5.16 Å². The van der Waals surface area contributed by atoms with Gasteiger partial charge in [0.1, 0.15) is 5.60 Å². The van der Waals surface area contributed by atoms with Crippen molar-refractivity contribution in [2.24, 2.45) is 10.9 Å². The number of carbonyl (C=O) groups excluding carboxylic acids is 1. The van der Waals surface area contributed by atoms with E-state index in [1.807, 2.05) is 19.9 Å². The molecule has 0 bridgehead atoms. The summed E-state index contributed by atoms with van der Waals surface area (Å²) in [5.74, 6) is -0.430. The Kier molecular flexibility index (Phi) is 2.42. The molecule has 1 heterocycles. The molecule has 0 aromatic heterocycles. The molecule has 84 valence electrons. The molecule has 2 rings (SSSR count). The summed E-state index contributed by atoms with van der Waals surface area (Å²) in [5.41, 5.74) is 7.19. The zero-order chi connectivity index (χ0) is 11.8. The average Bonchev–Trinajstić information content (AvgIpc) is 2.59. The van der Waals surface area contributed by atoms with Crippen molar-refractivity contribution in [3.05, 3.63) is 35.4 Å². The van der Waals surface area contributed by atoms with Crippen LogP contribution in [-0.2, 0) is 4.84 Å². The molecule has 0 aliphatic carbocycles. The average molecular weight is 218 g/mol. The molecule has 16 heavy (non-hydrogen) atoms. The van der Waals surface area contributed by atoms with Gasteiger partial charge in [0.15, 0.2) is 0 Å². The van der Waals surface area contributed by atoms with E-state index in [1.165, 1.54) is 0 Å². The van der Waals surface area contributed by atoms with Crippen LogP contribution in [0, 0.1) is 0 Å². The molecule has 0 saturated heterocycles. The van der Waals surface area contributed by atoms with Crippen LogP contribution in [0.25, 0.3) is 0 Å². The minimum absolute atomic E-state index is 0.266. The zero-order valence-corrected chi connectivity index (χ0v) is 9.36. The van der Waals surface area contributed by atoms with Crippen LogP contribution in [0.3, 0.4) is 0 Å². The zero-order valence-electron chi connectivity index (χ0n) is 9.36. The molecule has 4 heteroatoms. The first kappa shape index (κ1) is 10.7. The molecule has 1 aliphatic heterocycles. The van der Waals surface area contributed by atoms with Gasteiger partial charge in [-0.15, -0.1) is 0 Å². The van der Waals surface area contributed by atoms with Crippen molar-refractivity contribution >= 4 is 11.6 Å². The second-order valence-electron chi connectivity index (χ2n) is 4.51. The Morgan fingerprint density at radius 2 is 2.25 bits per heavy atom. The predicted molar refractivity (Wildman–Crippen MR) is 61.3 cm³/mol. The van der Waals surface area contributed by atoms with Gasteiger partial charge in [0.2, 0.25) is 5.91 Å². The molecule has 1 aromatic rings. The second kappa shape index (κ2) is 3.63. The van der Waals surface area contributed by atoms with Crippen molar-refractivity contribution in [1.29, 1.82) is 0 Å². The molecule has 1 aromatic carbocycles. The molecule has 1 amide bonds. The highest BCUT2D eigenvalue weighted by Gasteiger charge is 2.29. The highest BCUT2D eigenvalue weighted by atomic mass is 16.7. The maximum atomic E-state index is 11.0. The van der Waals surface area contributed by atoms with Crippen LogP contribution in [0.5, 0.6) is 0 Å². The third kappa shape index (κ3) is 2.05. The lowest BCUT2D eigenvalue weighted by molar-refractivity contribution is 0.0123. The van der Waals surface area contributed by atoms with E-state index in [0.29, 0.717) is 5.56 Å². The molecular formula is C12H14N2O2. The molecule has 0 unspecified atom stereocenters. The molecule has 0 radical (unpaired) electrons. The van der Waals surface area contributed by atoms with E-state index in [0.717, 1.165) is 17.7 Å². The number of carbonyl (C=O) groups is 1. The fourth-order valence-electron chi connectivity index (χ4n) is 1.65. The lowest BCUT2D eigenvalue weighted by Gasteiger charge is -2.13. The van der Waals surface area contributed by atoms with Gasteiger partial charge in [-0.25, -0.2) is 0 Å². The molecular weight excluding hydrogens is 204 g/mol. The number of oxime groups is 1. The maximum absolute atomic E-state index is 11.0. The number of amides is 1. The summed E-state index contributed by atoms with van der Waals surface area (Å²) < 4.78 is 0. The normalized spacial score (nSPS) is 17.8. The van der Waals surface area contributed by atoms with Gasteiger partial charge in [-0.1, -0.05) is 17.3 Å². The summed E-state index contributed by atoms with van der Waals surface area (Å²) >= 11 is 0. The summed E-state index contributed by atoms with van der Waals surface area (Å²) in [5, 5.41) is 4.02. The SMILES string of the molecule is CC1(C)CC(c2cccc(C(N)=O)c2)=NO1. The molecule has 0 atom stereocenters. The molecule has 4 nitrogen and oxygen atoms in total. The number of nitrogens with two attached hydrogens (primary N) is 1. The van der Waals surface area contributed by atoms with Crippen molar-refractivity contribution in [3.8, 4) is 0 Å². The van der Waals surface area contributed by atoms with E-state index < -0.39 is 5.91 Å². The van der Waals surface area contributed by atoms with Crippen LogP contribution in [0.1, 0.15) is 36.2 Å². The Labute approximate surface area is 94.1 Å². The lowest BCUT2D eigenvalue weighted by Crippen LogP contribution is -2.19. The number of primary amides is 1. The number of hydrogen-bond acceptors (Lipinski definition) is 3. The summed E-state index contributed by atoms with van der Waals surface area (Å²) in [6.45, 7) is 3.95. The lowest BCUT2D eigenvalue weighted by atomic mass is 9.97. The van der Waals surface area contributed by atoms with Gasteiger partial charge >= 0.3 is 0 Å². The minimum Gasteiger partial charge on any atom is -0.389 e. The molecule has 0 spiro atoms.